The third-order valence-corrected chi connectivity index (χ3v) is 4.52. The van der Waals surface area contributed by atoms with Gasteiger partial charge in [0.25, 0.3) is 0 Å². The summed E-state index contributed by atoms with van der Waals surface area (Å²) in [4.78, 5) is 13.5. The number of carbonyl (C=O) groups is 1. The minimum atomic E-state index is -0.188. The van der Waals surface area contributed by atoms with Gasteiger partial charge in [0.15, 0.2) is 0 Å². The van der Waals surface area contributed by atoms with Crippen molar-refractivity contribution in [2.24, 2.45) is 0 Å². The van der Waals surface area contributed by atoms with Crippen LogP contribution in [0.1, 0.15) is 13.3 Å². The van der Waals surface area contributed by atoms with Crippen LogP contribution in [0.25, 0.3) is 0 Å². The number of nitrogens with two attached hydrogens (primary N) is 1. The quantitative estimate of drug-likeness (QED) is 0.629. The summed E-state index contributed by atoms with van der Waals surface area (Å²) in [5, 5.41) is 2.74. The normalized spacial score (nSPS) is 11.7. The molecule has 4 nitrogen and oxygen atoms in total. The van der Waals surface area contributed by atoms with E-state index in [0.717, 1.165) is 11.3 Å². The standard InChI is InChI=1S/C17H20N2O2S/c1-3-16(22-13-8-6-7-12(18)11-13)17(20)19-14-9-4-5-10-15(14)21-2/h4-11,16H,3,18H2,1-2H3,(H,19,20). The van der Waals surface area contributed by atoms with E-state index in [2.05, 4.69) is 5.32 Å². The first-order chi connectivity index (χ1) is 10.6. The van der Waals surface area contributed by atoms with E-state index in [0.29, 0.717) is 17.1 Å². The number of methoxy groups -OCH3 is 1. The van der Waals surface area contributed by atoms with Crippen molar-refractivity contribution in [1.82, 2.24) is 0 Å². The Hall–Kier alpha value is -2.14. The zero-order chi connectivity index (χ0) is 15.9. The van der Waals surface area contributed by atoms with Gasteiger partial charge in [0.1, 0.15) is 5.75 Å². The van der Waals surface area contributed by atoms with Crippen LogP contribution in [0.3, 0.4) is 0 Å². The fourth-order valence-electron chi connectivity index (χ4n) is 2.04. The molecule has 1 atom stereocenters. The maximum atomic E-state index is 12.5. The highest BCUT2D eigenvalue weighted by Gasteiger charge is 2.19. The molecule has 2 aromatic rings. The summed E-state index contributed by atoms with van der Waals surface area (Å²) in [6, 6.07) is 14.9. The minimum Gasteiger partial charge on any atom is -0.495 e. The maximum Gasteiger partial charge on any atom is 0.237 e. The maximum absolute atomic E-state index is 12.5. The highest BCUT2D eigenvalue weighted by Crippen LogP contribution is 2.29. The molecule has 1 unspecified atom stereocenters. The van der Waals surface area contributed by atoms with Gasteiger partial charge in [-0.1, -0.05) is 25.1 Å². The first-order valence-corrected chi connectivity index (χ1v) is 7.98. The molecule has 0 aliphatic carbocycles. The van der Waals surface area contributed by atoms with Gasteiger partial charge >= 0.3 is 0 Å². The summed E-state index contributed by atoms with van der Waals surface area (Å²) in [5.41, 5.74) is 7.16. The van der Waals surface area contributed by atoms with Crippen molar-refractivity contribution in [2.75, 3.05) is 18.2 Å². The van der Waals surface area contributed by atoms with Crippen LogP contribution < -0.4 is 15.8 Å². The summed E-state index contributed by atoms with van der Waals surface area (Å²) in [6.45, 7) is 1.99. The molecule has 0 radical (unpaired) electrons. The van der Waals surface area contributed by atoms with Gasteiger partial charge in [-0.3, -0.25) is 4.79 Å². The Kier molecular flexibility index (Phi) is 5.72. The lowest BCUT2D eigenvalue weighted by atomic mass is 10.2. The molecule has 2 aromatic carbocycles. The van der Waals surface area contributed by atoms with E-state index in [-0.39, 0.29) is 11.2 Å². The minimum absolute atomic E-state index is 0.0422. The van der Waals surface area contributed by atoms with Crippen LogP contribution in [0, 0.1) is 0 Å². The van der Waals surface area contributed by atoms with Crippen LogP contribution in [-0.4, -0.2) is 18.3 Å². The third-order valence-electron chi connectivity index (χ3n) is 3.16. The first-order valence-electron chi connectivity index (χ1n) is 7.10. The van der Waals surface area contributed by atoms with Crippen LogP contribution in [0.5, 0.6) is 5.75 Å². The van der Waals surface area contributed by atoms with Gasteiger partial charge in [-0.05, 0) is 36.8 Å². The number of para-hydroxylation sites is 2. The fourth-order valence-corrected chi connectivity index (χ4v) is 3.06. The zero-order valence-electron chi connectivity index (χ0n) is 12.7. The second-order valence-electron chi connectivity index (χ2n) is 4.78. The molecule has 22 heavy (non-hydrogen) atoms. The topological polar surface area (TPSA) is 64.4 Å². The molecule has 3 N–H and O–H groups in total. The van der Waals surface area contributed by atoms with Gasteiger partial charge in [-0.15, -0.1) is 11.8 Å². The molecule has 0 bridgehead atoms. The lowest BCUT2D eigenvalue weighted by molar-refractivity contribution is -0.115. The Balaban J connectivity index is 2.09. The van der Waals surface area contributed by atoms with Crippen LogP contribution in [0.4, 0.5) is 11.4 Å². The molecular weight excluding hydrogens is 296 g/mol. The van der Waals surface area contributed by atoms with Crippen molar-refractivity contribution < 1.29 is 9.53 Å². The van der Waals surface area contributed by atoms with Crippen molar-refractivity contribution in [3.8, 4) is 5.75 Å². The number of nitrogens with one attached hydrogen (secondary N) is 1. The largest absolute Gasteiger partial charge is 0.495 e. The molecule has 2 rings (SSSR count). The number of benzene rings is 2. The molecule has 116 valence electrons. The number of hydrogen-bond donors (Lipinski definition) is 2. The smallest absolute Gasteiger partial charge is 0.237 e. The molecule has 0 saturated heterocycles. The molecular formula is C17H20N2O2S. The van der Waals surface area contributed by atoms with E-state index < -0.39 is 0 Å². The Morgan fingerprint density at radius 1 is 1.27 bits per heavy atom. The molecule has 0 saturated carbocycles. The zero-order valence-corrected chi connectivity index (χ0v) is 13.5. The van der Waals surface area contributed by atoms with E-state index in [1.807, 2.05) is 55.5 Å². The number of anilines is 2. The van der Waals surface area contributed by atoms with E-state index in [1.165, 1.54) is 11.8 Å². The van der Waals surface area contributed by atoms with Crippen LogP contribution in [-0.2, 0) is 4.79 Å². The van der Waals surface area contributed by atoms with E-state index in [9.17, 15) is 4.79 Å². The molecule has 0 aliphatic heterocycles. The van der Waals surface area contributed by atoms with Gasteiger partial charge in [-0.2, -0.15) is 0 Å². The lowest BCUT2D eigenvalue weighted by Gasteiger charge is -2.16. The molecule has 0 heterocycles. The number of amides is 1. The summed E-state index contributed by atoms with van der Waals surface area (Å²) < 4.78 is 5.26. The van der Waals surface area contributed by atoms with Gasteiger partial charge in [-0.25, -0.2) is 0 Å². The molecule has 0 fully saturated rings. The van der Waals surface area contributed by atoms with Crippen molar-refractivity contribution in [1.29, 1.82) is 0 Å². The van der Waals surface area contributed by atoms with E-state index >= 15 is 0 Å². The Morgan fingerprint density at radius 3 is 2.73 bits per heavy atom. The molecule has 0 aromatic heterocycles. The van der Waals surface area contributed by atoms with Crippen molar-refractivity contribution >= 4 is 29.0 Å². The monoisotopic (exact) mass is 316 g/mol. The number of carbonyl (C=O) groups excluding carboxylic acids is 1. The number of ether oxygens (including phenoxy) is 1. The average Bonchev–Trinajstić information content (AvgIpc) is 2.53. The van der Waals surface area contributed by atoms with Crippen molar-refractivity contribution in [2.45, 2.75) is 23.5 Å². The van der Waals surface area contributed by atoms with Crippen molar-refractivity contribution in [3.63, 3.8) is 0 Å². The summed E-state index contributed by atoms with van der Waals surface area (Å²) in [5.74, 6) is 0.610. The molecule has 0 spiro atoms. The number of rotatable bonds is 6. The predicted molar refractivity (Wildman–Crippen MR) is 92.4 cm³/mol. The SMILES string of the molecule is CCC(Sc1cccc(N)c1)C(=O)Nc1ccccc1OC. The molecule has 0 aliphatic rings. The predicted octanol–water partition coefficient (Wildman–Crippen LogP) is 3.79. The van der Waals surface area contributed by atoms with Crippen LogP contribution >= 0.6 is 11.8 Å². The van der Waals surface area contributed by atoms with Gasteiger partial charge in [0.05, 0.1) is 18.0 Å². The van der Waals surface area contributed by atoms with E-state index in [1.54, 1.807) is 7.11 Å². The average molecular weight is 316 g/mol. The summed E-state index contributed by atoms with van der Waals surface area (Å²) >= 11 is 1.51. The van der Waals surface area contributed by atoms with Crippen LogP contribution in [0.15, 0.2) is 53.4 Å². The number of nitrogen functional groups attached to an aromatic ring is 1. The lowest BCUT2D eigenvalue weighted by Crippen LogP contribution is -2.24. The Labute approximate surface area is 135 Å². The number of hydrogen-bond acceptors (Lipinski definition) is 4. The summed E-state index contributed by atoms with van der Waals surface area (Å²) in [7, 11) is 1.59. The first kappa shape index (κ1) is 16.2. The molecule has 5 heteroatoms. The highest BCUT2D eigenvalue weighted by molar-refractivity contribution is 8.00. The van der Waals surface area contributed by atoms with Gasteiger partial charge < -0.3 is 15.8 Å². The number of thioether (sulfide) groups is 1. The Morgan fingerprint density at radius 2 is 2.05 bits per heavy atom. The van der Waals surface area contributed by atoms with Crippen LogP contribution in [0.2, 0.25) is 0 Å². The second-order valence-corrected chi connectivity index (χ2v) is 6.05. The molecule has 1 amide bonds. The van der Waals surface area contributed by atoms with Gasteiger partial charge in [0.2, 0.25) is 5.91 Å². The highest BCUT2D eigenvalue weighted by atomic mass is 32.2. The summed E-state index contributed by atoms with van der Waals surface area (Å²) in [6.07, 6.45) is 0.723. The second kappa shape index (κ2) is 7.75. The van der Waals surface area contributed by atoms with E-state index in [4.69, 9.17) is 10.5 Å². The van der Waals surface area contributed by atoms with Gasteiger partial charge in [0, 0.05) is 10.6 Å². The fraction of sp³-hybridized carbons (Fsp3) is 0.235. The third kappa shape index (κ3) is 4.18. The van der Waals surface area contributed by atoms with Crippen molar-refractivity contribution in [3.05, 3.63) is 48.5 Å². The Bertz CT molecular complexity index is 646.